The molecule has 1 saturated carbocycles. The first kappa shape index (κ1) is 24.8. The molecule has 1 heterocycles. The van der Waals surface area contributed by atoms with Gasteiger partial charge in [0.2, 0.25) is 0 Å². The van der Waals surface area contributed by atoms with Crippen molar-refractivity contribution in [3.63, 3.8) is 0 Å². The topological polar surface area (TPSA) is 41.6 Å². The quantitative estimate of drug-likeness (QED) is 0.324. The Hall–Kier alpha value is -2.89. The summed E-state index contributed by atoms with van der Waals surface area (Å²) < 4.78 is 6.15. The van der Waals surface area contributed by atoms with E-state index in [2.05, 4.69) is 17.1 Å². The lowest BCUT2D eigenvalue weighted by Gasteiger charge is -2.39. The highest BCUT2D eigenvalue weighted by molar-refractivity contribution is 8.05. The first-order chi connectivity index (χ1) is 17.6. The number of benzene rings is 3. The molecule has 2 aliphatic rings. The summed E-state index contributed by atoms with van der Waals surface area (Å²) in [4.78, 5) is 16.6. The molecule has 36 heavy (non-hydrogen) atoms. The highest BCUT2D eigenvalue weighted by Gasteiger charge is 2.43. The Morgan fingerprint density at radius 3 is 2.61 bits per heavy atom. The van der Waals surface area contributed by atoms with Crippen molar-refractivity contribution in [1.82, 2.24) is 4.90 Å². The zero-order valence-electron chi connectivity index (χ0n) is 20.4. The van der Waals surface area contributed by atoms with Crippen LogP contribution >= 0.6 is 23.4 Å². The van der Waals surface area contributed by atoms with Gasteiger partial charge in [-0.3, -0.25) is 4.79 Å². The van der Waals surface area contributed by atoms with Crippen molar-refractivity contribution in [3.8, 4) is 5.75 Å². The molecule has 0 spiro atoms. The predicted octanol–water partition coefficient (Wildman–Crippen LogP) is 7.81. The minimum Gasteiger partial charge on any atom is -0.488 e. The number of hydrogen-bond acceptors (Lipinski definition) is 4. The van der Waals surface area contributed by atoms with Gasteiger partial charge in [-0.15, -0.1) is 0 Å². The minimum atomic E-state index is -0.142. The molecule has 1 unspecified atom stereocenters. The van der Waals surface area contributed by atoms with Crippen molar-refractivity contribution in [3.05, 3.63) is 99.9 Å². The molecule has 4 nitrogen and oxygen atoms in total. The molecule has 5 rings (SSSR count). The summed E-state index contributed by atoms with van der Waals surface area (Å²) in [5.41, 5.74) is 2.77. The van der Waals surface area contributed by atoms with Crippen molar-refractivity contribution in [2.24, 2.45) is 5.92 Å². The number of rotatable bonds is 7. The third-order valence-electron chi connectivity index (χ3n) is 6.91. The van der Waals surface area contributed by atoms with E-state index in [1.165, 1.54) is 12.8 Å². The van der Waals surface area contributed by atoms with Gasteiger partial charge >= 0.3 is 0 Å². The molecule has 1 N–H and O–H groups in total. The number of thioether (sulfide) groups is 1. The highest BCUT2D eigenvalue weighted by Crippen LogP contribution is 2.42. The lowest BCUT2D eigenvalue weighted by Crippen LogP contribution is -2.48. The number of halogens is 1. The van der Waals surface area contributed by atoms with Crippen molar-refractivity contribution < 1.29 is 9.53 Å². The molecule has 0 aromatic heterocycles. The maximum atomic E-state index is 13.8. The second-order valence-electron chi connectivity index (χ2n) is 9.49. The second kappa shape index (κ2) is 11.4. The first-order valence-corrected chi connectivity index (χ1v) is 13.8. The smallest absolute Gasteiger partial charge is 0.262 e. The Morgan fingerprint density at radius 2 is 1.81 bits per heavy atom. The van der Waals surface area contributed by atoms with Crippen LogP contribution in [-0.4, -0.2) is 22.3 Å². The minimum absolute atomic E-state index is 0.0943. The molecule has 3 aromatic carbocycles. The van der Waals surface area contributed by atoms with E-state index in [0.29, 0.717) is 17.5 Å². The summed E-state index contributed by atoms with van der Waals surface area (Å²) in [7, 11) is 0. The van der Waals surface area contributed by atoms with Gasteiger partial charge in [0.15, 0.2) is 5.50 Å². The van der Waals surface area contributed by atoms with Crippen molar-refractivity contribution in [2.45, 2.75) is 50.8 Å². The normalized spacial score (nSPS) is 23.2. The number of nitrogens with one attached hydrogen (secondary N) is 1. The van der Waals surface area contributed by atoms with Crippen LogP contribution in [0.15, 0.2) is 83.8 Å². The van der Waals surface area contributed by atoms with E-state index >= 15 is 0 Å². The van der Waals surface area contributed by atoms with E-state index in [1.807, 2.05) is 84.9 Å². The van der Waals surface area contributed by atoms with E-state index in [-0.39, 0.29) is 17.4 Å². The van der Waals surface area contributed by atoms with Gasteiger partial charge in [-0.05, 0) is 60.7 Å². The van der Waals surface area contributed by atoms with E-state index in [9.17, 15) is 4.79 Å². The van der Waals surface area contributed by atoms with Crippen LogP contribution in [0, 0.1) is 5.92 Å². The zero-order chi connectivity index (χ0) is 24.9. The van der Waals surface area contributed by atoms with E-state index < -0.39 is 0 Å². The monoisotopic (exact) mass is 518 g/mol. The van der Waals surface area contributed by atoms with Crippen LogP contribution in [0.3, 0.4) is 0 Å². The fourth-order valence-electron chi connectivity index (χ4n) is 5.03. The SMILES string of the molecule is C[C@H]1CCCC[C@H]1N1C(=O)/C(=C/c2ccccc2OCc2cccc(Cl)c2)SC1Nc1ccccc1. The van der Waals surface area contributed by atoms with Gasteiger partial charge in [0.05, 0.1) is 4.91 Å². The lowest BCUT2D eigenvalue weighted by molar-refractivity contribution is -0.129. The molecule has 3 aromatic rings. The standard InChI is InChI=1S/C30H31ClN2O2S/c1-21-10-5-7-16-26(21)33-29(34)28(36-30(33)32-25-14-3-2-4-15-25)19-23-12-6-8-17-27(23)35-20-22-11-9-13-24(31)18-22/h2-4,6,8-9,11-15,17-19,21,26,30,32H,5,7,10,16,20H2,1H3/b28-19-/t21-,26+,30?/m0/s1. The van der Waals surface area contributed by atoms with Crippen molar-refractivity contribution in [1.29, 1.82) is 0 Å². The van der Waals surface area contributed by atoms with Gasteiger partial charge in [-0.2, -0.15) is 0 Å². The molecule has 0 bridgehead atoms. The lowest BCUT2D eigenvalue weighted by atomic mass is 9.85. The molecule has 6 heteroatoms. The molecule has 0 radical (unpaired) electrons. The molecular formula is C30H31ClN2O2S. The average Bonchev–Trinajstić information content (AvgIpc) is 3.18. The summed E-state index contributed by atoms with van der Waals surface area (Å²) in [6, 6.07) is 25.9. The number of anilines is 1. The largest absolute Gasteiger partial charge is 0.488 e. The molecule has 3 atom stereocenters. The molecular weight excluding hydrogens is 488 g/mol. The number of ether oxygens (including phenoxy) is 1. The maximum Gasteiger partial charge on any atom is 0.262 e. The molecule has 1 saturated heterocycles. The number of amides is 1. The Kier molecular flexibility index (Phi) is 7.88. The van der Waals surface area contributed by atoms with Crippen LogP contribution in [0.25, 0.3) is 6.08 Å². The Morgan fingerprint density at radius 1 is 1.03 bits per heavy atom. The number of carbonyl (C=O) groups excluding carboxylic acids is 1. The summed E-state index contributed by atoms with van der Waals surface area (Å²) in [5.74, 6) is 1.32. The van der Waals surface area contributed by atoms with Crippen LogP contribution < -0.4 is 10.1 Å². The molecule has 1 aliphatic carbocycles. The predicted molar refractivity (Wildman–Crippen MR) is 150 cm³/mol. The highest BCUT2D eigenvalue weighted by atomic mass is 35.5. The number of nitrogens with zero attached hydrogens (tertiary/aromatic N) is 1. The average molecular weight is 519 g/mol. The van der Waals surface area contributed by atoms with Crippen LogP contribution in [0.1, 0.15) is 43.7 Å². The van der Waals surface area contributed by atoms with E-state index in [1.54, 1.807) is 11.8 Å². The van der Waals surface area contributed by atoms with Gasteiger partial charge in [0.1, 0.15) is 12.4 Å². The van der Waals surface area contributed by atoms with Crippen LogP contribution in [-0.2, 0) is 11.4 Å². The molecule has 2 fully saturated rings. The van der Waals surface area contributed by atoms with E-state index in [0.717, 1.165) is 40.3 Å². The second-order valence-corrected chi connectivity index (χ2v) is 11.0. The number of para-hydroxylation sites is 2. The molecule has 186 valence electrons. The fraction of sp³-hybridized carbons (Fsp3) is 0.300. The van der Waals surface area contributed by atoms with Gasteiger partial charge in [-0.1, -0.05) is 91.7 Å². The number of hydrogen-bond donors (Lipinski definition) is 1. The third kappa shape index (κ3) is 5.74. The van der Waals surface area contributed by atoms with Crippen molar-refractivity contribution >= 4 is 41.0 Å². The number of carbonyl (C=O) groups is 1. The molecule has 1 amide bonds. The molecule has 1 aliphatic heterocycles. The summed E-state index contributed by atoms with van der Waals surface area (Å²) >= 11 is 7.72. The van der Waals surface area contributed by atoms with Crippen molar-refractivity contribution in [2.75, 3.05) is 5.32 Å². The van der Waals surface area contributed by atoms with Gasteiger partial charge in [-0.25, -0.2) is 0 Å². The summed E-state index contributed by atoms with van der Waals surface area (Å²) in [6.07, 6.45) is 6.60. The fourth-order valence-corrected chi connectivity index (χ4v) is 6.44. The van der Waals surface area contributed by atoms with Gasteiger partial charge < -0.3 is 15.0 Å². The van der Waals surface area contributed by atoms with Crippen LogP contribution in [0.5, 0.6) is 5.75 Å². The Balaban J connectivity index is 1.41. The zero-order valence-corrected chi connectivity index (χ0v) is 22.0. The van der Waals surface area contributed by atoms with Crippen LogP contribution in [0.2, 0.25) is 5.02 Å². The Bertz CT molecular complexity index is 1230. The van der Waals surface area contributed by atoms with Crippen LogP contribution in [0.4, 0.5) is 5.69 Å². The van der Waals surface area contributed by atoms with Gasteiger partial charge in [0.25, 0.3) is 5.91 Å². The van der Waals surface area contributed by atoms with E-state index in [4.69, 9.17) is 16.3 Å². The Labute approximate surface area is 222 Å². The summed E-state index contributed by atoms with van der Waals surface area (Å²) in [6.45, 7) is 2.69. The third-order valence-corrected chi connectivity index (χ3v) is 8.26. The maximum absolute atomic E-state index is 13.8. The summed E-state index contributed by atoms with van der Waals surface area (Å²) in [5, 5.41) is 4.29. The first-order valence-electron chi connectivity index (χ1n) is 12.6. The van der Waals surface area contributed by atoms with Gasteiger partial charge in [0, 0.05) is 22.3 Å².